The van der Waals surface area contributed by atoms with Crippen LogP contribution in [0.4, 0.5) is 0 Å². The van der Waals surface area contributed by atoms with Crippen molar-refractivity contribution >= 4 is 17.3 Å². The van der Waals surface area contributed by atoms with Crippen molar-refractivity contribution in [2.45, 2.75) is 92.6 Å². The van der Waals surface area contributed by atoms with E-state index in [1.54, 1.807) is 6.07 Å². The van der Waals surface area contributed by atoms with Crippen molar-refractivity contribution in [1.82, 2.24) is 0 Å². The van der Waals surface area contributed by atoms with Gasteiger partial charge in [0, 0.05) is 10.3 Å². The number of carbonyl (C=O) groups is 1. The summed E-state index contributed by atoms with van der Waals surface area (Å²) in [7, 11) is 0. The van der Waals surface area contributed by atoms with Crippen LogP contribution < -0.4 is 4.74 Å². The van der Waals surface area contributed by atoms with Crippen molar-refractivity contribution in [2.24, 2.45) is 5.41 Å². The number of thiophene rings is 1. The molecule has 1 unspecified atom stereocenters. The molecule has 0 saturated heterocycles. The molecule has 0 fully saturated rings. The van der Waals surface area contributed by atoms with Crippen molar-refractivity contribution in [3.8, 4) is 5.75 Å². The van der Waals surface area contributed by atoms with Crippen LogP contribution in [0.1, 0.15) is 107 Å². The largest absolute Gasteiger partial charge is 0.491 e. The lowest BCUT2D eigenvalue weighted by atomic mass is 9.73. The number of rotatable bonds is 9. The van der Waals surface area contributed by atoms with Crippen LogP contribution in [0.15, 0.2) is 30.3 Å². The zero-order valence-corrected chi connectivity index (χ0v) is 22.1. The van der Waals surface area contributed by atoms with Gasteiger partial charge in [-0.1, -0.05) is 74.4 Å². The summed E-state index contributed by atoms with van der Waals surface area (Å²) in [6.07, 6.45) is 1.20. The maximum Gasteiger partial charge on any atom is 0.345 e. The van der Waals surface area contributed by atoms with Gasteiger partial charge < -0.3 is 14.9 Å². The molecular formula is C27H42O4S. The van der Waals surface area contributed by atoms with Gasteiger partial charge >= 0.3 is 5.97 Å². The van der Waals surface area contributed by atoms with E-state index in [1.165, 1.54) is 16.9 Å². The molecule has 1 heterocycles. The molecule has 0 saturated carbocycles. The zero-order valence-electron chi connectivity index (χ0n) is 21.3. The molecule has 1 aromatic carbocycles. The Kier molecular flexibility index (Phi) is 10.4. The van der Waals surface area contributed by atoms with Crippen LogP contribution in [0.25, 0.3) is 0 Å². The first-order valence-corrected chi connectivity index (χ1v) is 12.6. The van der Waals surface area contributed by atoms with Gasteiger partial charge in [-0.05, 0) is 53.5 Å². The van der Waals surface area contributed by atoms with Gasteiger partial charge in [-0.25, -0.2) is 4.79 Å². The summed E-state index contributed by atoms with van der Waals surface area (Å²) >= 11 is 1.36. The molecule has 2 rings (SSSR count). The van der Waals surface area contributed by atoms with Crippen LogP contribution in [0.3, 0.4) is 0 Å². The van der Waals surface area contributed by atoms with Crippen molar-refractivity contribution < 1.29 is 19.7 Å². The molecule has 1 aromatic heterocycles. The van der Waals surface area contributed by atoms with Gasteiger partial charge in [0.25, 0.3) is 0 Å². The Morgan fingerprint density at radius 2 is 1.66 bits per heavy atom. The number of hydrogen-bond donors (Lipinski definition) is 2. The first-order chi connectivity index (χ1) is 15.0. The minimum Gasteiger partial charge on any atom is -0.491 e. The Hall–Kier alpha value is -1.85. The maximum atomic E-state index is 11.4. The van der Waals surface area contributed by atoms with E-state index in [4.69, 9.17) is 4.74 Å². The highest BCUT2D eigenvalue weighted by atomic mass is 32.1. The summed E-state index contributed by atoms with van der Waals surface area (Å²) in [6.45, 7) is 18.8. The number of aromatic carboxylic acids is 1. The topological polar surface area (TPSA) is 66.8 Å². The average molecular weight is 463 g/mol. The second kappa shape index (κ2) is 11.9. The highest BCUT2D eigenvalue weighted by Gasteiger charge is 2.34. The van der Waals surface area contributed by atoms with Crippen LogP contribution >= 0.6 is 11.3 Å². The van der Waals surface area contributed by atoms with Crippen molar-refractivity contribution in [3.63, 3.8) is 0 Å². The predicted molar refractivity (Wildman–Crippen MR) is 135 cm³/mol. The molecule has 1 atom stereocenters. The number of hydrogen-bond acceptors (Lipinski definition) is 4. The summed E-state index contributed by atoms with van der Waals surface area (Å²) < 4.78 is 6.04. The smallest absolute Gasteiger partial charge is 0.345 e. The molecule has 2 N–H and O–H groups in total. The molecule has 180 valence electrons. The van der Waals surface area contributed by atoms with E-state index in [0.717, 1.165) is 29.0 Å². The molecule has 0 spiro atoms. The van der Waals surface area contributed by atoms with E-state index in [-0.39, 0.29) is 23.4 Å². The standard InChI is InChI=1S/C25H36O4S.C2H6/c1-8-25(9-2,22-13-12-20(30-22)23(27)28)17-10-11-19(18(14-17)16(3)4)29-15-21(26)24(5,6)7;1-2/h10-14,16,21,26H,8-9,15H2,1-7H3,(H,27,28);1-2H3. The normalized spacial score (nSPS) is 12.8. The second-order valence-electron chi connectivity index (χ2n) is 9.36. The number of ether oxygens (including phenoxy) is 1. The fourth-order valence-corrected chi connectivity index (χ4v) is 4.90. The zero-order chi connectivity index (χ0) is 24.7. The van der Waals surface area contributed by atoms with Crippen molar-refractivity contribution in [2.75, 3.05) is 6.61 Å². The van der Waals surface area contributed by atoms with Gasteiger partial charge in [-0.15, -0.1) is 11.3 Å². The summed E-state index contributed by atoms with van der Waals surface area (Å²) in [5.74, 6) is 0.183. The third-order valence-electron chi connectivity index (χ3n) is 6.08. The lowest BCUT2D eigenvalue weighted by Crippen LogP contribution is -2.32. The highest BCUT2D eigenvalue weighted by Crippen LogP contribution is 2.44. The first-order valence-electron chi connectivity index (χ1n) is 11.7. The SMILES string of the molecule is CC.CCC(CC)(c1ccc(OCC(O)C(C)(C)C)c(C(C)C)c1)c1ccc(C(=O)O)s1. The number of aliphatic hydroxyl groups excluding tert-OH is 1. The molecule has 4 nitrogen and oxygen atoms in total. The molecule has 2 aromatic rings. The summed E-state index contributed by atoms with van der Waals surface area (Å²) in [6, 6.07) is 9.97. The monoisotopic (exact) mass is 462 g/mol. The summed E-state index contributed by atoms with van der Waals surface area (Å²) in [5, 5.41) is 19.7. The van der Waals surface area contributed by atoms with Crippen molar-refractivity contribution in [3.05, 3.63) is 51.2 Å². The summed E-state index contributed by atoms with van der Waals surface area (Å²) in [5.41, 5.74) is 1.82. The van der Waals surface area contributed by atoms with E-state index in [0.29, 0.717) is 4.88 Å². The molecule has 0 radical (unpaired) electrons. The number of carboxylic acids is 1. The van der Waals surface area contributed by atoms with Crippen LogP contribution in [-0.2, 0) is 5.41 Å². The Morgan fingerprint density at radius 3 is 2.09 bits per heavy atom. The summed E-state index contributed by atoms with van der Waals surface area (Å²) in [4.78, 5) is 12.9. The molecule has 0 aliphatic carbocycles. The molecule has 32 heavy (non-hydrogen) atoms. The molecule has 0 aliphatic rings. The van der Waals surface area contributed by atoms with Crippen LogP contribution in [-0.4, -0.2) is 28.9 Å². The van der Waals surface area contributed by atoms with E-state index in [2.05, 4.69) is 39.8 Å². The first kappa shape index (κ1) is 28.2. The average Bonchev–Trinajstić information content (AvgIpc) is 3.25. The third kappa shape index (κ3) is 6.35. The molecule has 0 aliphatic heterocycles. The number of benzene rings is 1. The number of carboxylic acid groups (broad SMARTS) is 1. The molecule has 0 bridgehead atoms. The predicted octanol–water partition coefficient (Wildman–Crippen LogP) is 7.49. The minimum absolute atomic E-state index is 0.231. The Balaban J connectivity index is 0.00000249. The van der Waals surface area contributed by atoms with Gasteiger partial charge in [-0.3, -0.25) is 0 Å². The molecular weight excluding hydrogens is 420 g/mol. The Bertz CT molecular complexity index is 857. The van der Waals surface area contributed by atoms with Gasteiger partial charge in [0.15, 0.2) is 0 Å². The Labute approximate surface area is 198 Å². The van der Waals surface area contributed by atoms with E-state index in [9.17, 15) is 15.0 Å². The van der Waals surface area contributed by atoms with E-state index < -0.39 is 12.1 Å². The minimum atomic E-state index is -0.878. The Morgan fingerprint density at radius 1 is 1.06 bits per heavy atom. The molecule has 5 heteroatoms. The lowest BCUT2D eigenvalue weighted by Gasteiger charge is -2.33. The third-order valence-corrected chi connectivity index (χ3v) is 7.35. The van der Waals surface area contributed by atoms with Gasteiger partial charge in [0.2, 0.25) is 0 Å². The maximum absolute atomic E-state index is 11.4. The highest BCUT2D eigenvalue weighted by molar-refractivity contribution is 7.14. The fourth-order valence-electron chi connectivity index (χ4n) is 3.71. The quantitative estimate of drug-likeness (QED) is 0.405. The second-order valence-corrected chi connectivity index (χ2v) is 10.4. The lowest BCUT2D eigenvalue weighted by molar-refractivity contribution is 0.0215. The van der Waals surface area contributed by atoms with Gasteiger partial charge in [-0.2, -0.15) is 0 Å². The molecule has 0 amide bonds. The van der Waals surface area contributed by atoms with Crippen LogP contribution in [0, 0.1) is 5.41 Å². The van der Waals surface area contributed by atoms with E-state index in [1.807, 2.05) is 46.8 Å². The number of aliphatic hydroxyl groups is 1. The van der Waals surface area contributed by atoms with Crippen LogP contribution in [0.2, 0.25) is 0 Å². The van der Waals surface area contributed by atoms with Crippen LogP contribution in [0.5, 0.6) is 5.75 Å². The van der Waals surface area contributed by atoms with Crippen molar-refractivity contribution in [1.29, 1.82) is 0 Å². The van der Waals surface area contributed by atoms with E-state index >= 15 is 0 Å². The fraction of sp³-hybridized carbons (Fsp3) is 0.593. The van der Waals surface area contributed by atoms with Gasteiger partial charge in [0.1, 0.15) is 17.2 Å². The van der Waals surface area contributed by atoms with Gasteiger partial charge in [0.05, 0.1) is 6.10 Å².